The Bertz CT molecular complexity index is 558. The summed E-state index contributed by atoms with van der Waals surface area (Å²) in [6.07, 6.45) is 5.18. The van der Waals surface area contributed by atoms with Crippen LogP contribution in [0.25, 0.3) is 22.2 Å². The zero-order chi connectivity index (χ0) is 9.54. The maximum Gasteiger partial charge on any atom is 0.160 e. The summed E-state index contributed by atoms with van der Waals surface area (Å²) in [5, 5.41) is 1.05. The Morgan fingerprint density at radius 1 is 1.00 bits per heavy atom. The van der Waals surface area contributed by atoms with Crippen molar-refractivity contribution >= 4 is 22.2 Å². The van der Waals surface area contributed by atoms with Gasteiger partial charge in [-0.25, -0.2) is 9.97 Å². The fraction of sp³-hybridized carbons (Fsp3) is 0.100. The van der Waals surface area contributed by atoms with E-state index >= 15 is 0 Å². The highest BCUT2D eigenvalue weighted by molar-refractivity contribution is 6.02. The van der Waals surface area contributed by atoms with Crippen LogP contribution in [0.15, 0.2) is 30.7 Å². The Hall–Kier alpha value is -1.97. The molecule has 0 unspecified atom stereocenters. The molecular formula is C10H8N4. The molecule has 0 N–H and O–H groups in total. The third-order valence-corrected chi connectivity index (χ3v) is 2.36. The molecule has 0 atom stereocenters. The lowest BCUT2D eigenvalue weighted by atomic mass is 10.3. The quantitative estimate of drug-likeness (QED) is 0.532. The number of rotatable bonds is 0. The van der Waals surface area contributed by atoms with Gasteiger partial charge in [-0.1, -0.05) is 0 Å². The summed E-state index contributed by atoms with van der Waals surface area (Å²) in [5.74, 6) is 0. The van der Waals surface area contributed by atoms with Crippen molar-refractivity contribution in [2.75, 3.05) is 0 Å². The zero-order valence-electron chi connectivity index (χ0n) is 7.68. The Labute approximate surface area is 80.2 Å². The van der Waals surface area contributed by atoms with Crippen molar-refractivity contribution in [1.82, 2.24) is 19.5 Å². The van der Waals surface area contributed by atoms with E-state index in [0.29, 0.717) is 0 Å². The maximum atomic E-state index is 4.31. The largest absolute Gasteiger partial charge is 0.312 e. The highest BCUT2D eigenvalue weighted by Crippen LogP contribution is 2.21. The highest BCUT2D eigenvalue weighted by atomic mass is 15.1. The standard InChI is InChI=1S/C10H8N4/c1-14-9-7(3-2-4-12-9)8-10(14)13-6-5-11-8/h2-6H,1H3. The monoisotopic (exact) mass is 184 g/mol. The van der Waals surface area contributed by atoms with E-state index in [1.54, 1.807) is 18.6 Å². The van der Waals surface area contributed by atoms with E-state index < -0.39 is 0 Å². The molecule has 0 spiro atoms. The molecule has 0 saturated heterocycles. The zero-order valence-corrected chi connectivity index (χ0v) is 7.68. The summed E-state index contributed by atoms with van der Waals surface area (Å²) < 4.78 is 1.96. The van der Waals surface area contributed by atoms with Crippen molar-refractivity contribution in [3.8, 4) is 0 Å². The molecule has 0 aliphatic rings. The van der Waals surface area contributed by atoms with E-state index in [4.69, 9.17) is 0 Å². The minimum absolute atomic E-state index is 0.876. The number of pyridine rings is 1. The fourth-order valence-corrected chi connectivity index (χ4v) is 1.72. The first-order chi connectivity index (χ1) is 6.88. The van der Waals surface area contributed by atoms with E-state index in [1.807, 2.05) is 23.7 Å². The van der Waals surface area contributed by atoms with E-state index in [9.17, 15) is 0 Å². The molecule has 4 nitrogen and oxygen atoms in total. The Balaban J connectivity index is 2.69. The van der Waals surface area contributed by atoms with Crippen molar-refractivity contribution in [2.45, 2.75) is 0 Å². The van der Waals surface area contributed by atoms with Crippen molar-refractivity contribution in [1.29, 1.82) is 0 Å². The summed E-state index contributed by atoms with van der Waals surface area (Å²) >= 11 is 0. The lowest BCUT2D eigenvalue weighted by molar-refractivity contribution is 0.965. The first-order valence-electron chi connectivity index (χ1n) is 4.38. The van der Waals surface area contributed by atoms with Crippen molar-refractivity contribution < 1.29 is 0 Å². The van der Waals surface area contributed by atoms with Crippen LogP contribution in [0.3, 0.4) is 0 Å². The molecule has 0 fully saturated rings. The van der Waals surface area contributed by atoms with Gasteiger partial charge in [-0.05, 0) is 12.1 Å². The summed E-state index contributed by atoms with van der Waals surface area (Å²) in [7, 11) is 1.95. The molecule has 0 aromatic carbocycles. The fourth-order valence-electron chi connectivity index (χ4n) is 1.72. The van der Waals surface area contributed by atoms with Gasteiger partial charge in [-0.3, -0.25) is 4.98 Å². The summed E-state index contributed by atoms with van der Waals surface area (Å²) in [5.41, 5.74) is 2.72. The minimum atomic E-state index is 0.876. The third kappa shape index (κ3) is 0.797. The predicted octanol–water partition coefficient (Wildman–Crippen LogP) is 1.52. The van der Waals surface area contributed by atoms with Crippen LogP contribution in [0, 0.1) is 0 Å². The van der Waals surface area contributed by atoms with Gasteiger partial charge in [0.2, 0.25) is 0 Å². The lowest BCUT2D eigenvalue weighted by Crippen LogP contribution is -1.90. The van der Waals surface area contributed by atoms with Crippen LogP contribution in [0.1, 0.15) is 0 Å². The normalized spacial score (nSPS) is 11.2. The van der Waals surface area contributed by atoms with Crippen LogP contribution in [0.4, 0.5) is 0 Å². The Morgan fingerprint density at radius 2 is 1.79 bits per heavy atom. The van der Waals surface area contributed by atoms with Gasteiger partial charge in [-0.2, -0.15) is 0 Å². The molecule has 68 valence electrons. The number of fused-ring (bicyclic) bond motifs is 3. The highest BCUT2D eigenvalue weighted by Gasteiger charge is 2.09. The van der Waals surface area contributed by atoms with Crippen molar-refractivity contribution in [3.05, 3.63) is 30.7 Å². The average Bonchev–Trinajstić information content (AvgIpc) is 2.55. The van der Waals surface area contributed by atoms with Gasteiger partial charge < -0.3 is 4.57 Å². The molecule has 0 amide bonds. The average molecular weight is 184 g/mol. The first-order valence-corrected chi connectivity index (χ1v) is 4.38. The van der Waals surface area contributed by atoms with Gasteiger partial charge in [0.15, 0.2) is 5.65 Å². The van der Waals surface area contributed by atoms with Gasteiger partial charge in [0.05, 0.1) is 0 Å². The van der Waals surface area contributed by atoms with Crippen LogP contribution in [0.2, 0.25) is 0 Å². The molecule has 3 heterocycles. The van der Waals surface area contributed by atoms with Crippen molar-refractivity contribution in [2.24, 2.45) is 7.05 Å². The summed E-state index contributed by atoms with van der Waals surface area (Å²) in [4.78, 5) is 12.9. The van der Waals surface area contributed by atoms with Crippen LogP contribution in [-0.2, 0) is 7.05 Å². The van der Waals surface area contributed by atoms with E-state index in [2.05, 4.69) is 15.0 Å². The van der Waals surface area contributed by atoms with Gasteiger partial charge in [-0.15, -0.1) is 0 Å². The van der Waals surface area contributed by atoms with E-state index in [0.717, 1.165) is 22.2 Å². The van der Waals surface area contributed by atoms with Crippen LogP contribution >= 0.6 is 0 Å². The van der Waals surface area contributed by atoms with Gasteiger partial charge >= 0.3 is 0 Å². The summed E-state index contributed by atoms with van der Waals surface area (Å²) in [6.45, 7) is 0. The number of aryl methyl sites for hydroxylation is 1. The van der Waals surface area contributed by atoms with Crippen molar-refractivity contribution in [3.63, 3.8) is 0 Å². The lowest BCUT2D eigenvalue weighted by Gasteiger charge is -1.93. The molecule has 3 aromatic rings. The second-order valence-corrected chi connectivity index (χ2v) is 3.16. The maximum absolute atomic E-state index is 4.31. The summed E-state index contributed by atoms with van der Waals surface area (Å²) in [6, 6.07) is 3.93. The number of nitrogens with zero attached hydrogens (tertiary/aromatic N) is 4. The van der Waals surface area contributed by atoms with Gasteiger partial charge in [0, 0.05) is 31.0 Å². The minimum Gasteiger partial charge on any atom is -0.312 e. The molecule has 0 aliphatic carbocycles. The first kappa shape index (κ1) is 7.44. The third-order valence-electron chi connectivity index (χ3n) is 2.36. The molecule has 3 aromatic heterocycles. The molecule has 0 radical (unpaired) electrons. The topological polar surface area (TPSA) is 43.6 Å². The van der Waals surface area contributed by atoms with Crippen LogP contribution in [-0.4, -0.2) is 19.5 Å². The number of aromatic nitrogens is 4. The smallest absolute Gasteiger partial charge is 0.160 e. The predicted molar refractivity (Wildman–Crippen MR) is 53.8 cm³/mol. The SMILES string of the molecule is Cn1c2ncccc2c2nccnc21. The molecule has 4 heteroatoms. The second-order valence-electron chi connectivity index (χ2n) is 3.16. The van der Waals surface area contributed by atoms with Crippen LogP contribution in [0.5, 0.6) is 0 Å². The van der Waals surface area contributed by atoms with Crippen LogP contribution < -0.4 is 0 Å². The number of hydrogen-bond acceptors (Lipinski definition) is 3. The molecular weight excluding hydrogens is 176 g/mol. The van der Waals surface area contributed by atoms with Gasteiger partial charge in [0.1, 0.15) is 11.2 Å². The molecule has 14 heavy (non-hydrogen) atoms. The number of hydrogen-bond donors (Lipinski definition) is 0. The van der Waals surface area contributed by atoms with E-state index in [1.165, 1.54) is 0 Å². The molecule has 0 saturated carbocycles. The molecule has 0 aliphatic heterocycles. The van der Waals surface area contributed by atoms with E-state index in [-0.39, 0.29) is 0 Å². The second kappa shape index (κ2) is 2.51. The molecule has 3 rings (SSSR count). The van der Waals surface area contributed by atoms with Gasteiger partial charge in [0.25, 0.3) is 0 Å². The Kier molecular flexibility index (Phi) is 1.33. The Morgan fingerprint density at radius 3 is 2.71 bits per heavy atom. The molecule has 0 bridgehead atoms.